The molecular formula is C16H30N2O3. The number of rotatable bonds is 6. The maximum Gasteiger partial charge on any atom is 0.314 e. The van der Waals surface area contributed by atoms with Crippen molar-refractivity contribution in [3.8, 4) is 0 Å². The van der Waals surface area contributed by atoms with Crippen LogP contribution in [0.1, 0.15) is 53.4 Å². The van der Waals surface area contributed by atoms with Crippen molar-refractivity contribution in [2.75, 3.05) is 13.1 Å². The molecule has 0 aromatic heterocycles. The highest BCUT2D eigenvalue weighted by Crippen LogP contribution is 2.29. The van der Waals surface area contributed by atoms with Gasteiger partial charge in [0.05, 0.1) is 5.92 Å². The zero-order valence-electron chi connectivity index (χ0n) is 13.7. The molecule has 0 aromatic carbocycles. The quantitative estimate of drug-likeness (QED) is 0.705. The number of carboxylic acid groups (broad SMARTS) is 1. The summed E-state index contributed by atoms with van der Waals surface area (Å²) < 4.78 is 0. The van der Waals surface area contributed by atoms with Crippen molar-refractivity contribution >= 4 is 12.0 Å². The fourth-order valence-corrected chi connectivity index (χ4v) is 2.58. The summed E-state index contributed by atoms with van der Waals surface area (Å²) in [7, 11) is 0. The first kappa shape index (κ1) is 17.8. The maximum atomic E-state index is 11.9. The molecule has 5 nitrogen and oxygen atoms in total. The van der Waals surface area contributed by atoms with Crippen LogP contribution in [0.4, 0.5) is 4.79 Å². The van der Waals surface area contributed by atoms with Gasteiger partial charge in [0.2, 0.25) is 0 Å². The van der Waals surface area contributed by atoms with Gasteiger partial charge in [0, 0.05) is 13.1 Å². The minimum atomic E-state index is -0.733. The molecule has 1 aliphatic carbocycles. The molecule has 0 aromatic rings. The highest BCUT2D eigenvalue weighted by Gasteiger charge is 2.31. The lowest BCUT2D eigenvalue weighted by Gasteiger charge is -2.30. The van der Waals surface area contributed by atoms with E-state index in [-0.39, 0.29) is 23.3 Å². The number of aliphatic carboxylic acids is 1. The monoisotopic (exact) mass is 298 g/mol. The Balaban J connectivity index is 2.36. The van der Waals surface area contributed by atoms with Crippen molar-refractivity contribution in [3.05, 3.63) is 0 Å². The zero-order valence-corrected chi connectivity index (χ0v) is 13.7. The molecule has 0 radical (unpaired) electrons. The second-order valence-electron chi connectivity index (χ2n) is 7.20. The molecule has 5 heteroatoms. The summed E-state index contributed by atoms with van der Waals surface area (Å²) >= 11 is 0. The lowest BCUT2D eigenvalue weighted by atomic mass is 9.79. The molecule has 0 spiro atoms. The van der Waals surface area contributed by atoms with Gasteiger partial charge in [-0.05, 0) is 30.1 Å². The predicted octanol–water partition coefficient (Wildman–Crippen LogP) is 2.86. The standard InChI is InChI=1S/C16H30N2O3/c1-11(2)16(3,4)10-18-15(21)17-9-12-7-5-6-8-13(12)14(19)20/h11-13H,5-10H2,1-4H3,(H,19,20)(H2,17,18,21). The minimum absolute atomic E-state index is 0.0474. The van der Waals surface area contributed by atoms with E-state index < -0.39 is 5.97 Å². The van der Waals surface area contributed by atoms with Gasteiger partial charge in [-0.3, -0.25) is 4.79 Å². The first-order chi connectivity index (χ1) is 9.74. The Hall–Kier alpha value is -1.26. The summed E-state index contributed by atoms with van der Waals surface area (Å²) in [5, 5.41) is 14.9. The van der Waals surface area contributed by atoms with E-state index in [0.29, 0.717) is 19.0 Å². The molecule has 1 rings (SSSR count). The molecular weight excluding hydrogens is 268 g/mol. The number of amides is 2. The Morgan fingerprint density at radius 2 is 1.81 bits per heavy atom. The topological polar surface area (TPSA) is 78.4 Å². The number of urea groups is 1. The third-order valence-corrected chi connectivity index (χ3v) is 5.02. The van der Waals surface area contributed by atoms with Crippen LogP contribution in [0.25, 0.3) is 0 Å². The SMILES string of the molecule is CC(C)C(C)(C)CNC(=O)NCC1CCCCC1C(=O)O. The summed E-state index contributed by atoms with van der Waals surface area (Å²) in [6, 6.07) is -0.196. The number of nitrogens with one attached hydrogen (secondary N) is 2. The molecule has 2 amide bonds. The van der Waals surface area contributed by atoms with Crippen LogP contribution in [-0.2, 0) is 4.79 Å². The fourth-order valence-electron chi connectivity index (χ4n) is 2.58. The molecule has 0 aliphatic heterocycles. The highest BCUT2D eigenvalue weighted by atomic mass is 16.4. The molecule has 3 N–H and O–H groups in total. The van der Waals surface area contributed by atoms with E-state index >= 15 is 0 Å². The molecule has 0 bridgehead atoms. The van der Waals surface area contributed by atoms with E-state index in [2.05, 4.69) is 38.3 Å². The van der Waals surface area contributed by atoms with Crippen molar-refractivity contribution in [2.45, 2.75) is 53.4 Å². The highest BCUT2D eigenvalue weighted by molar-refractivity contribution is 5.74. The molecule has 1 saturated carbocycles. The number of carbonyl (C=O) groups excluding carboxylic acids is 1. The van der Waals surface area contributed by atoms with Crippen LogP contribution in [0.5, 0.6) is 0 Å². The van der Waals surface area contributed by atoms with Crippen LogP contribution in [0.15, 0.2) is 0 Å². The van der Waals surface area contributed by atoms with Crippen LogP contribution < -0.4 is 10.6 Å². The van der Waals surface area contributed by atoms with Gasteiger partial charge in [0.25, 0.3) is 0 Å². The van der Waals surface area contributed by atoms with E-state index in [1.54, 1.807) is 0 Å². The molecule has 1 fully saturated rings. The van der Waals surface area contributed by atoms with E-state index in [0.717, 1.165) is 25.7 Å². The van der Waals surface area contributed by atoms with Crippen LogP contribution >= 0.6 is 0 Å². The Morgan fingerprint density at radius 1 is 1.19 bits per heavy atom. The van der Waals surface area contributed by atoms with Gasteiger partial charge in [0.15, 0.2) is 0 Å². The van der Waals surface area contributed by atoms with E-state index in [4.69, 9.17) is 0 Å². The van der Waals surface area contributed by atoms with Gasteiger partial charge < -0.3 is 15.7 Å². The van der Waals surface area contributed by atoms with E-state index in [1.165, 1.54) is 0 Å². The van der Waals surface area contributed by atoms with Gasteiger partial charge in [-0.2, -0.15) is 0 Å². The van der Waals surface area contributed by atoms with Gasteiger partial charge in [-0.15, -0.1) is 0 Å². The van der Waals surface area contributed by atoms with Crippen molar-refractivity contribution in [1.82, 2.24) is 10.6 Å². The predicted molar refractivity (Wildman–Crippen MR) is 83.1 cm³/mol. The number of hydrogen-bond donors (Lipinski definition) is 3. The maximum absolute atomic E-state index is 11.9. The molecule has 0 saturated heterocycles. The third kappa shape index (κ3) is 5.56. The first-order valence-corrected chi connectivity index (χ1v) is 7.98. The van der Waals surface area contributed by atoms with Gasteiger partial charge in [0.1, 0.15) is 0 Å². The first-order valence-electron chi connectivity index (χ1n) is 7.98. The Morgan fingerprint density at radius 3 is 2.38 bits per heavy atom. The molecule has 2 atom stereocenters. The summed E-state index contributed by atoms with van der Waals surface area (Å²) in [5.41, 5.74) is 0.0474. The normalized spacial score (nSPS) is 22.9. The molecule has 0 heterocycles. The Bertz CT molecular complexity index is 367. The van der Waals surface area contributed by atoms with E-state index in [9.17, 15) is 14.7 Å². The van der Waals surface area contributed by atoms with Gasteiger partial charge in [-0.1, -0.05) is 40.5 Å². The summed E-state index contributed by atoms with van der Waals surface area (Å²) in [4.78, 5) is 23.1. The minimum Gasteiger partial charge on any atom is -0.481 e. The van der Waals surface area contributed by atoms with Crippen molar-refractivity contribution in [2.24, 2.45) is 23.2 Å². The Kier molecular flexibility index (Phi) is 6.49. The lowest BCUT2D eigenvalue weighted by molar-refractivity contribution is -0.144. The van der Waals surface area contributed by atoms with Crippen LogP contribution in [0.3, 0.4) is 0 Å². The smallest absolute Gasteiger partial charge is 0.314 e. The zero-order chi connectivity index (χ0) is 16.0. The number of hydrogen-bond acceptors (Lipinski definition) is 2. The Labute approximate surface area is 127 Å². The summed E-state index contributed by atoms with van der Waals surface area (Å²) in [5.74, 6) is -0.512. The summed E-state index contributed by atoms with van der Waals surface area (Å²) in [6.07, 6.45) is 3.64. The second-order valence-corrected chi connectivity index (χ2v) is 7.20. The molecule has 2 unspecified atom stereocenters. The van der Waals surface area contributed by atoms with Crippen molar-refractivity contribution in [1.29, 1.82) is 0 Å². The van der Waals surface area contributed by atoms with Crippen molar-refractivity contribution < 1.29 is 14.7 Å². The number of carboxylic acids is 1. The molecule has 21 heavy (non-hydrogen) atoms. The van der Waals surface area contributed by atoms with Crippen molar-refractivity contribution in [3.63, 3.8) is 0 Å². The molecule has 122 valence electrons. The summed E-state index contributed by atoms with van der Waals surface area (Å²) in [6.45, 7) is 9.59. The lowest BCUT2D eigenvalue weighted by Crippen LogP contribution is -2.45. The van der Waals surface area contributed by atoms with Crippen LogP contribution in [0, 0.1) is 23.2 Å². The largest absolute Gasteiger partial charge is 0.481 e. The van der Waals surface area contributed by atoms with E-state index in [1.807, 2.05) is 0 Å². The average molecular weight is 298 g/mol. The fraction of sp³-hybridized carbons (Fsp3) is 0.875. The van der Waals surface area contributed by atoms with Gasteiger partial charge in [-0.25, -0.2) is 4.79 Å². The average Bonchev–Trinajstić information content (AvgIpc) is 2.43. The van der Waals surface area contributed by atoms with Gasteiger partial charge >= 0.3 is 12.0 Å². The number of carbonyl (C=O) groups is 2. The van der Waals surface area contributed by atoms with Crippen LogP contribution in [0.2, 0.25) is 0 Å². The second kappa shape index (κ2) is 7.66. The third-order valence-electron chi connectivity index (χ3n) is 5.02. The molecule has 1 aliphatic rings. The van der Waals surface area contributed by atoms with Crippen LogP contribution in [-0.4, -0.2) is 30.2 Å².